The second-order valence-corrected chi connectivity index (χ2v) is 6.95. The first-order valence-corrected chi connectivity index (χ1v) is 7.23. The Hall–Kier alpha value is -0.0800. The van der Waals surface area contributed by atoms with Crippen molar-refractivity contribution < 1.29 is 4.74 Å². The van der Waals surface area contributed by atoms with Gasteiger partial charge in [0.25, 0.3) is 0 Å². The maximum absolute atomic E-state index is 6.02. The molecule has 0 aromatic rings. The van der Waals surface area contributed by atoms with Crippen LogP contribution in [0, 0.1) is 11.8 Å². The normalized spacial score (nSPS) is 28.1. The molecule has 0 radical (unpaired) electrons. The fourth-order valence-corrected chi connectivity index (χ4v) is 2.24. The molecule has 1 unspecified atom stereocenters. The maximum atomic E-state index is 6.02. The monoisotopic (exact) mass is 241 g/mol. The molecule has 1 atom stereocenters. The third kappa shape index (κ3) is 7.05. The van der Waals surface area contributed by atoms with Crippen LogP contribution >= 0.6 is 0 Å². The van der Waals surface area contributed by atoms with Crippen LogP contribution in [0.15, 0.2) is 0 Å². The molecule has 1 saturated carbocycles. The summed E-state index contributed by atoms with van der Waals surface area (Å²) in [5, 5.41) is 3.54. The highest BCUT2D eigenvalue weighted by Crippen LogP contribution is 2.25. The Kier molecular flexibility index (Phi) is 5.94. The minimum atomic E-state index is 0.217. The van der Waals surface area contributed by atoms with Crippen LogP contribution in [0.1, 0.15) is 60.3 Å². The van der Waals surface area contributed by atoms with E-state index in [4.69, 9.17) is 4.74 Å². The molecular formula is C15H31NO. The molecule has 1 aliphatic carbocycles. The Morgan fingerprint density at radius 3 is 2.29 bits per heavy atom. The third-order valence-electron chi connectivity index (χ3n) is 3.56. The van der Waals surface area contributed by atoms with Crippen molar-refractivity contribution >= 4 is 0 Å². The van der Waals surface area contributed by atoms with Crippen LogP contribution in [-0.2, 0) is 4.74 Å². The van der Waals surface area contributed by atoms with E-state index in [0.717, 1.165) is 19.1 Å². The highest BCUT2D eigenvalue weighted by atomic mass is 16.5. The van der Waals surface area contributed by atoms with E-state index in [9.17, 15) is 0 Å². The molecule has 0 aromatic carbocycles. The Morgan fingerprint density at radius 2 is 1.76 bits per heavy atom. The van der Waals surface area contributed by atoms with Gasteiger partial charge in [-0.15, -0.1) is 0 Å². The first-order chi connectivity index (χ1) is 7.87. The van der Waals surface area contributed by atoms with E-state index in [1.807, 2.05) is 0 Å². The number of rotatable bonds is 5. The zero-order valence-corrected chi connectivity index (χ0v) is 12.4. The minimum Gasteiger partial charge on any atom is -0.378 e. The fourth-order valence-electron chi connectivity index (χ4n) is 2.24. The van der Waals surface area contributed by atoms with Crippen molar-refractivity contribution in [1.29, 1.82) is 0 Å². The summed E-state index contributed by atoms with van der Waals surface area (Å²) in [4.78, 5) is 0. The standard InChI is InChI=1S/C15H31NO/c1-12-6-8-14(9-7-12)17-11-13(2)10-16-15(3,4)5/h12-14,16H,6-11H2,1-5H3. The van der Waals surface area contributed by atoms with Crippen LogP contribution in [0.4, 0.5) is 0 Å². The van der Waals surface area contributed by atoms with Gasteiger partial charge in [-0.1, -0.05) is 13.8 Å². The van der Waals surface area contributed by atoms with Gasteiger partial charge in [0.2, 0.25) is 0 Å². The zero-order valence-electron chi connectivity index (χ0n) is 12.4. The van der Waals surface area contributed by atoms with E-state index < -0.39 is 0 Å². The highest BCUT2D eigenvalue weighted by molar-refractivity contribution is 4.73. The molecule has 1 rings (SSSR count). The van der Waals surface area contributed by atoms with Gasteiger partial charge >= 0.3 is 0 Å². The van der Waals surface area contributed by atoms with Gasteiger partial charge in [0, 0.05) is 12.1 Å². The molecule has 0 spiro atoms. The lowest BCUT2D eigenvalue weighted by atomic mass is 9.89. The topological polar surface area (TPSA) is 21.3 Å². The first-order valence-electron chi connectivity index (χ1n) is 7.23. The molecule has 102 valence electrons. The minimum absolute atomic E-state index is 0.217. The smallest absolute Gasteiger partial charge is 0.0575 e. The molecule has 0 amide bonds. The van der Waals surface area contributed by atoms with Gasteiger partial charge in [-0.05, 0) is 58.3 Å². The number of ether oxygens (including phenoxy) is 1. The van der Waals surface area contributed by atoms with E-state index in [1.54, 1.807) is 0 Å². The Morgan fingerprint density at radius 1 is 1.18 bits per heavy atom. The van der Waals surface area contributed by atoms with Gasteiger partial charge < -0.3 is 10.1 Å². The number of hydrogen-bond acceptors (Lipinski definition) is 2. The lowest BCUT2D eigenvalue weighted by molar-refractivity contribution is 0.00286. The van der Waals surface area contributed by atoms with Crippen LogP contribution in [-0.4, -0.2) is 24.8 Å². The Bertz CT molecular complexity index is 201. The Balaban J connectivity index is 2.09. The van der Waals surface area contributed by atoms with Crippen LogP contribution in [0.3, 0.4) is 0 Å². The Labute approximate surface area is 108 Å². The van der Waals surface area contributed by atoms with Crippen molar-refractivity contribution in [2.24, 2.45) is 11.8 Å². The summed E-state index contributed by atoms with van der Waals surface area (Å²) in [6.45, 7) is 13.2. The summed E-state index contributed by atoms with van der Waals surface area (Å²) in [6.07, 6.45) is 5.75. The lowest BCUT2D eigenvalue weighted by Gasteiger charge is -2.28. The van der Waals surface area contributed by atoms with Gasteiger partial charge in [0.15, 0.2) is 0 Å². The van der Waals surface area contributed by atoms with Crippen molar-refractivity contribution in [3.8, 4) is 0 Å². The molecule has 17 heavy (non-hydrogen) atoms. The fraction of sp³-hybridized carbons (Fsp3) is 1.00. The van der Waals surface area contributed by atoms with Gasteiger partial charge in [0.05, 0.1) is 12.7 Å². The van der Waals surface area contributed by atoms with Crippen molar-refractivity contribution in [3.63, 3.8) is 0 Å². The zero-order chi connectivity index (χ0) is 12.9. The molecule has 1 N–H and O–H groups in total. The predicted octanol–water partition coefficient (Wildman–Crippen LogP) is 3.61. The van der Waals surface area contributed by atoms with E-state index in [1.165, 1.54) is 25.7 Å². The molecular weight excluding hydrogens is 210 g/mol. The van der Waals surface area contributed by atoms with Gasteiger partial charge in [-0.25, -0.2) is 0 Å². The number of nitrogens with one attached hydrogen (secondary N) is 1. The quantitative estimate of drug-likeness (QED) is 0.794. The van der Waals surface area contributed by atoms with E-state index in [0.29, 0.717) is 12.0 Å². The van der Waals surface area contributed by atoms with Crippen LogP contribution < -0.4 is 5.32 Å². The molecule has 0 saturated heterocycles. The molecule has 0 heterocycles. The second-order valence-electron chi connectivity index (χ2n) is 6.95. The maximum Gasteiger partial charge on any atom is 0.0575 e. The summed E-state index contributed by atoms with van der Waals surface area (Å²) in [5.74, 6) is 1.52. The van der Waals surface area contributed by atoms with Gasteiger partial charge in [0.1, 0.15) is 0 Å². The molecule has 0 aromatic heterocycles. The van der Waals surface area contributed by atoms with Gasteiger partial charge in [-0.3, -0.25) is 0 Å². The average Bonchev–Trinajstić information content (AvgIpc) is 2.25. The van der Waals surface area contributed by atoms with Crippen LogP contribution in [0.25, 0.3) is 0 Å². The van der Waals surface area contributed by atoms with Crippen molar-refractivity contribution in [2.45, 2.75) is 71.9 Å². The predicted molar refractivity (Wildman–Crippen MR) is 74.3 cm³/mol. The summed E-state index contributed by atoms with van der Waals surface area (Å²) in [6, 6.07) is 0. The van der Waals surface area contributed by atoms with Crippen molar-refractivity contribution in [3.05, 3.63) is 0 Å². The molecule has 0 bridgehead atoms. The molecule has 1 fully saturated rings. The van der Waals surface area contributed by atoms with Gasteiger partial charge in [-0.2, -0.15) is 0 Å². The first kappa shape index (κ1) is 15.0. The van der Waals surface area contributed by atoms with Crippen molar-refractivity contribution in [1.82, 2.24) is 5.32 Å². The summed E-state index contributed by atoms with van der Waals surface area (Å²) >= 11 is 0. The highest BCUT2D eigenvalue weighted by Gasteiger charge is 2.19. The van der Waals surface area contributed by atoms with E-state index in [2.05, 4.69) is 39.9 Å². The molecule has 2 heteroatoms. The van der Waals surface area contributed by atoms with Crippen molar-refractivity contribution in [2.75, 3.05) is 13.2 Å². The van der Waals surface area contributed by atoms with E-state index >= 15 is 0 Å². The SMILES string of the molecule is CC1CCC(OCC(C)CNC(C)(C)C)CC1. The largest absolute Gasteiger partial charge is 0.378 e. The second kappa shape index (κ2) is 6.75. The van der Waals surface area contributed by atoms with E-state index in [-0.39, 0.29) is 5.54 Å². The summed E-state index contributed by atoms with van der Waals surface area (Å²) in [5.41, 5.74) is 0.217. The molecule has 2 nitrogen and oxygen atoms in total. The number of hydrogen-bond donors (Lipinski definition) is 1. The summed E-state index contributed by atoms with van der Waals surface area (Å²) in [7, 11) is 0. The van der Waals surface area contributed by atoms with Crippen LogP contribution in [0.5, 0.6) is 0 Å². The lowest BCUT2D eigenvalue weighted by Crippen LogP contribution is -2.39. The third-order valence-corrected chi connectivity index (χ3v) is 3.56. The average molecular weight is 241 g/mol. The summed E-state index contributed by atoms with van der Waals surface area (Å²) < 4.78 is 6.02. The molecule has 0 aliphatic heterocycles. The molecule has 1 aliphatic rings. The van der Waals surface area contributed by atoms with Crippen LogP contribution in [0.2, 0.25) is 0 Å².